The summed E-state index contributed by atoms with van der Waals surface area (Å²) < 4.78 is 0. The van der Waals surface area contributed by atoms with Gasteiger partial charge in [0.15, 0.2) is 0 Å². The summed E-state index contributed by atoms with van der Waals surface area (Å²) in [5, 5.41) is 10.5. The van der Waals surface area contributed by atoms with Gasteiger partial charge in [-0.2, -0.15) is 0 Å². The highest BCUT2D eigenvalue weighted by atomic mass is 16.3. The smallest absolute Gasteiger partial charge is 0.112 e. The molecule has 0 bridgehead atoms. The van der Waals surface area contributed by atoms with Crippen molar-refractivity contribution >= 4 is 5.57 Å². The predicted molar refractivity (Wildman–Crippen MR) is 79.6 cm³/mol. The van der Waals surface area contributed by atoms with E-state index >= 15 is 0 Å². The van der Waals surface area contributed by atoms with Crippen LogP contribution in [0, 0.1) is 0 Å². The summed E-state index contributed by atoms with van der Waals surface area (Å²) in [4.78, 5) is 0. The molecule has 0 aliphatic rings. The molecule has 0 radical (unpaired) electrons. The second-order valence-corrected chi connectivity index (χ2v) is 4.35. The maximum absolute atomic E-state index is 10.5. The van der Waals surface area contributed by atoms with Gasteiger partial charge in [-0.05, 0) is 23.6 Å². The van der Waals surface area contributed by atoms with Gasteiger partial charge in [0.05, 0.1) is 0 Å². The van der Waals surface area contributed by atoms with Crippen LogP contribution in [0.4, 0.5) is 0 Å². The SMILES string of the molecule is CCC=C=C(c1ccccc1)[C@H](O)c1ccccc1. The summed E-state index contributed by atoms with van der Waals surface area (Å²) in [5.74, 6) is 0. The lowest BCUT2D eigenvalue weighted by Gasteiger charge is -2.14. The average molecular weight is 250 g/mol. The van der Waals surface area contributed by atoms with Crippen molar-refractivity contribution in [2.75, 3.05) is 0 Å². The molecule has 1 N–H and O–H groups in total. The van der Waals surface area contributed by atoms with Crippen molar-refractivity contribution < 1.29 is 5.11 Å². The molecule has 0 saturated heterocycles. The molecular weight excluding hydrogens is 232 g/mol. The van der Waals surface area contributed by atoms with Crippen LogP contribution in [-0.4, -0.2) is 5.11 Å². The molecule has 1 atom stereocenters. The van der Waals surface area contributed by atoms with E-state index in [4.69, 9.17) is 0 Å². The van der Waals surface area contributed by atoms with Crippen molar-refractivity contribution in [2.45, 2.75) is 19.4 Å². The van der Waals surface area contributed by atoms with Gasteiger partial charge in [0.1, 0.15) is 6.10 Å². The summed E-state index contributed by atoms with van der Waals surface area (Å²) >= 11 is 0. The Bertz CT molecular complexity index is 563. The lowest BCUT2D eigenvalue weighted by molar-refractivity contribution is 0.238. The highest BCUT2D eigenvalue weighted by Gasteiger charge is 2.14. The van der Waals surface area contributed by atoms with Gasteiger partial charge in [-0.1, -0.05) is 67.6 Å². The van der Waals surface area contributed by atoms with Crippen molar-refractivity contribution in [1.82, 2.24) is 0 Å². The number of rotatable bonds is 4. The van der Waals surface area contributed by atoms with Crippen molar-refractivity contribution in [3.05, 3.63) is 83.6 Å². The van der Waals surface area contributed by atoms with Crippen LogP contribution < -0.4 is 0 Å². The first kappa shape index (κ1) is 13.4. The van der Waals surface area contributed by atoms with Gasteiger partial charge >= 0.3 is 0 Å². The van der Waals surface area contributed by atoms with Gasteiger partial charge in [0, 0.05) is 5.57 Å². The molecule has 96 valence electrons. The van der Waals surface area contributed by atoms with Crippen LogP contribution in [0.1, 0.15) is 30.6 Å². The summed E-state index contributed by atoms with van der Waals surface area (Å²) in [6, 6.07) is 19.6. The Morgan fingerprint density at radius 2 is 1.63 bits per heavy atom. The highest BCUT2D eigenvalue weighted by molar-refractivity contribution is 5.69. The van der Waals surface area contributed by atoms with Crippen molar-refractivity contribution in [1.29, 1.82) is 0 Å². The average Bonchev–Trinajstić information content (AvgIpc) is 2.49. The van der Waals surface area contributed by atoms with E-state index in [1.807, 2.05) is 66.7 Å². The van der Waals surface area contributed by atoms with Gasteiger partial charge in [-0.3, -0.25) is 0 Å². The lowest BCUT2D eigenvalue weighted by Crippen LogP contribution is -2.00. The molecule has 1 heteroatoms. The Balaban J connectivity index is 2.43. The van der Waals surface area contributed by atoms with Crippen LogP contribution in [0.25, 0.3) is 5.57 Å². The molecule has 2 rings (SSSR count). The quantitative estimate of drug-likeness (QED) is 0.799. The summed E-state index contributed by atoms with van der Waals surface area (Å²) in [5.41, 5.74) is 5.93. The van der Waals surface area contributed by atoms with Crippen LogP contribution in [0.2, 0.25) is 0 Å². The molecule has 0 aliphatic carbocycles. The molecule has 0 aromatic heterocycles. The molecule has 19 heavy (non-hydrogen) atoms. The third-order valence-electron chi connectivity index (χ3n) is 2.94. The third-order valence-corrected chi connectivity index (χ3v) is 2.94. The molecule has 0 unspecified atom stereocenters. The first-order valence-corrected chi connectivity index (χ1v) is 6.56. The molecular formula is C18H18O. The number of benzene rings is 2. The summed E-state index contributed by atoms with van der Waals surface area (Å²) in [6.07, 6.45) is 2.21. The topological polar surface area (TPSA) is 20.2 Å². The fourth-order valence-corrected chi connectivity index (χ4v) is 1.95. The zero-order chi connectivity index (χ0) is 13.5. The number of aliphatic hydroxyl groups is 1. The van der Waals surface area contributed by atoms with E-state index in [1.54, 1.807) is 0 Å². The first-order chi connectivity index (χ1) is 9.33. The molecule has 2 aromatic carbocycles. The van der Waals surface area contributed by atoms with Crippen molar-refractivity contribution in [2.24, 2.45) is 0 Å². The largest absolute Gasteiger partial charge is 0.383 e. The van der Waals surface area contributed by atoms with Gasteiger partial charge in [0.2, 0.25) is 0 Å². The van der Waals surface area contributed by atoms with E-state index in [1.165, 1.54) is 0 Å². The molecule has 0 aliphatic heterocycles. The highest BCUT2D eigenvalue weighted by Crippen LogP contribution is 2.28. The fourth-order valence-electron chi connectivity index (χ4n) is 1.95. The van der Waals surface area contributed by atoms with E-state index in [0.29, 0.717) is 0 Å². The monoisotopic (exact) mass is 250 g/mol. The van der Waals surface area contributed by atoms with Crippen LogP contribution in [0.3, 0.4) is 0 Å². The van der Waals surface area contributed by atoms with Gasteiger partial charge in [0.25, 0.3) is 0 Å². The number of hydrogen-bond donors (Lipinski definition) is 1. The number of aliphatic hydroxyl groups excluding tert-OH is 1. The lowest BCUT2D eigenvalue weighted by atomic mass is 9.96. The zero-order valence-corrected chi connectivity index (χ0v) is 11.1. The van der Waals surface area contributed by atoms with Crippen LogP contribution in [0.15, 0.2) is 72.5 Å². The Labute approximate surface area is 114 Å². The standard InChI is InChI=1S/C18H18O/c1-2-3-14-17(15-10-6-4-7-11-15)18(19)16-12-8-5-9-13-16/h3-13,18-19H,2H2,1H3/t14?,18-/m1/s1. The molecule has 1 nitrogen and oxygen atoms in total. The minimum atomic E-state index is -0.647. The maximum atomic E-state index is 10.5. The van der Waals surface area contributed by atoms with Gasteiger partial charge in [-0.15, -0.1) is 5.73 Å². The molecule has 2 aromatic rings. The fraction of sp³-hybridized carbons (Fsp3) is 0.167. The van der Waals surface area contributed by atoms with E-state index < -0.39 is 6.10 Å². The minimum Gasteiger partial charge on any atom is -0.383 e. The van der Waals surface area contributed by atoms with E-state index in [9.17, 15) is 5.11 Å². The molecule has 0 saturated carbocycles. The van der Waals surface area contributed by atoms with E-state index in [0.717, 1.165) is 23.1 Å². The molecule has 0 heterocycles. The van der Waals surface area contributed by atoms with Gasteiger partial charge in [-0.25, -0.2) is 0 Å². The maximum Gasteiger partial charge on any atom is 0.112 e. The van der Waals surface area contributed by atoms with Gasteiger partial charge < -0.3 is 5.11 Å². The second-order valence-electron chi connectivity index (χ2n) is 4.35. The van der Waals surface area contributed by atoms with E-state index in [-0.39, 0.29) is 0 Å². The van der Waals surface area contributed by atoms with E-state index in [2.05, 4.69) is 12.7 Å². The van der Waals surface area contributed by atoms with Crippen LogP contribution >= 0.6 is 0 Å². The second kappa shape index (κ2) is 6.75. The summed E-state index contributed by atoms with van der Waals surface area (Å²) in [7, 11) is 0. The predicted octanol–water partition coefficient (Wildman–Crippen LogP) is 4.37. The molecule has 0 amide bonds. The number of hydrogen-bond acceptors (Lipinski definition) is 1. The Kier molecular flexibility index (Phi) is 4.74. The van der Waals surface area contributed by atoms with Crippen molar-refractivity contribution in [3.8, 4) is 0 Å². The third kappa shape index (κ3) is 3.45. The Morgan fingerprint density at radius 3 is 2.21 bits per heavy atom. The minimum absolute atomic E-state index is 0.647. The molecule has 0 spiro atoms. The normalized spacial score (nSPS) is 11.5. The van der Waals surface area contributed by atoms with Crippen LogP contribution in [-0.2, 0) is 0 Å². The Morgan fingerprint density at radius 1 is 1.05 bits per heavy atom. The molecule has 0 fully saturated rings. The Hall–Kier alpha value is -2.08. The summed E-state index contributed by atoms with van der Waals surface area (Å²) in [6.45, 7) is 2.06. The first-order valence-electron chi connectivity index (χ1n) is 6.56. The van der Waals surface area contributed by atoms with Crippen LogP contribution in [0.5, 0.6) is 0 Å². The zero-order valence-electron chi connectivity index (χ0n) is 11.1. The van der Waals surface area contributed by atoms with Crippen molar-refractivity contribution in [3.63, 3.8) is 0 Å².